The van der Waals surface area contributed by atoms with Crippen molar-refractivity contribution in [2.75, 3.05) is 19.6 Å². The van der Waals surface area contributed by atoms with Crippen molar-refractivity contribution >= 4 is 11.6 Å². The van der Waals surface area contributed by atoms with Gasteiger partial charge >= 0.3 is 0 Å². The van der Waals surface area contributed by atoms with Crippen LogP contribution in [0.1, 0.15) is 67.2 Å². The number of nitrogens with zero attached hydrogens (tertiary/aromatic N) is 4. The summed E-state index contributed by atoms with van der Waals surface area (Å²) in [6, 6.07) is 9.96. The molecule has 5 rings (SSSR count). The molecule has 1 N–H and O–H groups in total. The first-order chi connectivity index (χ1) is 15.6. The second-order valence-electron chi connectivity index (χ2n) is 9.77. The molecule has 1 amide bonds. The Labute approximate surface area is 190 Å². The highest BCUT2D eigenvalue weighted by molar-refractivity contribution is 5.93. The van der Waals surface area contributed by atoms with Crippen LogP contribution in [0.4, 0.5) is 0 Å². The summed E-state index contributed by atoms with van der Waals surface area (Å²) in [6.45, 7) is 6.03. The van der Waals surface area contributed by atoms with E-state index in [1.54, 1.807) is 0 Å². The molecule has 0 radical (unpaired) electrons. The lowest BCUT2D eigenvalue weighted by molar-refractivity contribution is 0.0930. The highest BCUT2D eigenvalue weighted by Gasteiger charge is 2.34. The largest absolute Gasteiger partial charge is 0.350 e. The van der Waals surface area contributed by atoms with Gasteiger partial charge in [0.15, 0.2) is 0 Å². The van der Waals surface area contributed by atoms with Gasteiger partial charge in [-0.1, -0.05) is 38.3 Å². The number of fused-ring (bicyclic) bond motifs is 1. The number of pyridine rings is 2. The van der Waals surface area contributed by atoms with Crippen molar-refractivity contribution < 1.29 is 4.79 Å². The number of amides is 1. The number of likely N-dealkylation sites (tertiary alicyclic amines) is 1. The van der Waals surface area contributed by atoms with Crippen LogP contribution < -0.4 is 5.32 Å². The van der Waals surface area contributed by atoms with Gasteiger partial charge in [0.05, 0.1) is 5.69 Å². The molecule has 0 aromatic carbocycles. The molecule has 6 heteroatoms. The van der Waals surface area contributed by atoms with Crippen LogP contribution in [0.15, 0.2) is 48.9 Å². The van der Waals surface area contributed by atoms with E-state index < -0.39 is 0 Å². The Morgan fingerprint density at radius 2 is 2.06 bits per heavy atom. The maximum absolute atomic E-state index is 13.3. The fraction of sp³-hybridized carbons (Fsp3) is 0.500. The van der Waals surface area contributed by atoms with Gasteiger partial charge in [0.25, 0.3) is 5.91 Å². The van der Waals surface area contributed by atoms with Gasteiger partial charge in [-0.15, -0.1) is 0 Å². The highest BCUT2D eigenvalue weighted by Crippen LogP contribution is 2.38. The molecule has 1 aliphatic heterocycles. The molecule has 3 aromatic rings. The molecule has 0 spiro atoms. The van der Waals surface area contributed by atoms with Gasteiger partial charge in [-0.25, -0.2) is 4.98 Å². The van der Waals surface area contributed by atoms with Gasteiger partial charge in [0.1, 0.15) is 11.3 Å². The van der Waals surface area contributed by atoms with Crippen molar-refractivity contribution in [2.45, 2.75) is 57.4 Å². The van der Waals surface area contributed by atoms with Crippen LogP contribution >= 0.6 is 0 Å². The average Bonchev–Trinajstić information content (AvgIpc) is 3.43. The van der Waals surface area contributed by atoms with Gasteiger partial charge in [0, 0.05) is 43.6 Å². The average molecular weight is 432 g/mol. The number of hydrogen-bond acceptors (Lipinski definition) is 4. The van der Waals surface area contributed by atoms with Crippen LogP contribution in [0, 0.1) is 5.92 Å². The van der Waals surface area contributed by atoms with E-state index in [1.807, 2.05) is 47.3 Å². The highest BCUT2D eigenvalue weighted by atomic mass is 16.1. The Morgan fingerprint density at radius 1 is 1.19 bits per heavy atom. The Balaban J connectivity index is 1.34. The van der Waals surface area contributed by atoms with E-state index in [4.69, 9.17) is 4.98 Å². The zero-order valence-corrected chi connectivity index (χ0v) is 19.0. The van der Waals surface area contributed by atoms with Crippen LogP contribution in [0.2, 0.25) is 0 Å². The molecule has 0 bridgehead atoms. The van der Waals surface area contributed by atoms with Crippen molar-refractivity contribution in [3.8, 4) is 0 Å². The predicted octanol–water partition coefficient (Wildman–Crippen LogP) is 4.20. The number of hydrogen-bond donors (Lipinski definition) is 1. The first kappa shape index (κ1) is 21.1. The lowest BCUT2D eigenvalue weighted by atomic mass is 9.70. The molecular formula is C26H33N5O. The first-order valence-electron chi connectivity index (χ1n) is 12.0. The Morgan fingerprint density at radius 3 is 2.81 bits per heavy atom. The van der Waals surface area contributed by atoms with Crippen LogP contribution in [0.5, 0.6) is 0 Å². The van der Waals surface area contributed by atoms with Gasteiger partial charge in [-0.2, -0.15) is 0 Å². The lowest BCUT2D eigenvalue weighted by Gasteiger charge is -2.37. The molecule has 0 unspecified atom stereocenters. The number of aromatic nitrogens is 3. The summed E-state index contributed by atoms with van der Waals surface area (Å²) in [7, 11) is 0. The van der Waals surface area contributed by atoms with E-state index >= 15 is 0 Å². The minimum Gasteiger partial charge on any atom is -0.350 e. The molecule has 168 valence electrons. The van der Waals surface area contributed by atoms with Gasteiger partial charge < -0.3 is 5.32 Å². The number of carbonyl (C=O) groups excluding carboxylic acids is 1. The van der Waals surface area contributed by atoms with Gasteiger partial charge in [-0.3, -0.25) is 19.1 Å². The van der Waals surface area contributed by atoms with Crippen LogP contribution in [0.25, 0.3) is 5.65 Å². The standard InChI is InChI=1S/C26H33N5O/c1-20-10-14-30(16-20)17-22-18-31-23(8-5-9-24(31)29-22)25(32)28-19-26(11-3-2-4-12-26)21-7-6-13-27-15-21/h5-9,13,15,18,20H,2-4,10-12,14,16-17,19H2,1H3,(H,28,32)/t20-/m1/s1. The van der Waals surface area contributed by atoms with Crippen LogP contribution in [0.3, 0.4) is 0 Å². The fourth-order valence-electron chi connectivity index (χ4n) is 5.53. The number of imidazole rings is 1. The molecule has 32 heavy (non-hydrogen) atoms. The Kier molecular flexibility index (Phi) is 5.96. The zero-order valence-electron chi connectivity index (χ0n) is 19.0. The van der Waals surface area contributed by atoms with Crippen LogP contribution in [-0.4, -0.2) is 44.8 Å². The molecule has 1 atom stereocenters. The minimum atomic E-state index is -0.0387. The molecule has 6 nitrogen and oxygen atoms in total. The first-order valence-corrected chi connectivity index (χ1v) is 12.0. The summed E-state index contributed by atoms with van der Waals surface area (Å²) < 4.78 is 1.95. The minimum absolute atomic E-state index is 0.0252. The number of carbonyl (C=O) groups is 1. The van der Waals surface area contributed by atoms with E-state index in [2.05, 4.69) is 28.2 Å². The van der Waals surface area contributed by atoms with E-state index in [0.29, 0.717) is 12.2 Å². The zero-order chi connectivity index (χ0) is 22.0. The van der Waals surface area contributed by atoms with Crippen molar-refractivity contribution in [3.63, 3.8) is 0 Å². The quantitative estimate of drug-likeness (QED) is 0.635. The smallest absolute Gasteiger partial charge is 0.268 e. The van der Waals surface area contributed by atoms with Gasteiger partial charge in [-0.05, 0) is 55.5 Å². The normalized spacial score (nSPS) is 21.1. The predicted molar refractivity (Wildman–Crippen MR) is 126 cm³/mol. The van der Waals surface area contributed by atoms with Crippen molar-refractivity contribution in [1.82, 2.24) is 24.6 Å². The monoisotopic (exact) mass is 431 g/mol. The maximum Gasteiger partial charge on any atom is 0.268 e. The molecule has 2 fully saturated rings. The third-order valence-electron chi connectivity index (χ3n) is 7.34. The molecule has 3 aromatic heterocycles. The van der Waals surface area contributed by atoms with Crippen molar-refractivity contribution in [2.24, 2.45) is 5.92 Å². The lowest BCUT2D eigenvalue weighted by Crippen LogP contribution is -2.42. The second kappa shape index (κ2) is 9.02. The molecular weight excluding hydrogens is 398 g/mol. The van der Waals surface area contributed by atoms with Crippen molar-refractivity contribution in [1.29, 1.82) is 0 Å². The topological polar surface area (TPSA) is 62.5 Å². The SMILES string of the molecule is C[C@@H]1CCN(Cc2cn3c(C(=O)NCC4(c5cccnc5)CCCCC4)cccc3n2)C1. The van der Waals surface area contributed by atoms with Crippen LogP contribution in [-0.2, 0) is 12.0 Å². The summed E-state index contributed by atoms with van der Waals surface area (Å²) in [5.41, 5.74) is 3.72. The van der Waals surface area contributed by atoms with E-state index in [1.165, 1.54) is 31.2 Å². The Bertz CT molecular complexity index is 1070. The maximum atomic E-state index is 13.3. The summed E-state index contributed by atoms with van der Waals surface area (Å²) in [6.07, 6.45) is 12.9. The van der Waals surface area contributed by atoms with E-state index in [-0.39, 0.29) is 11.3 Å². The third-order valence-corrected chi connectivity index (χ3v) is 7.34. The van der Waals surface area contributed by atoms with E-state index in [9.17, 15) is 4.79 Å². The summed E-state index contributed by atoms with van der Waals surface area (Å²) in [5, 5.41) is 3.26. The molecule has 4 heterocycles. The van der Waals surface area contributed by atoms with Gasteiger partial charge in [0.2, 0.25) is 0 Å². The molecule has 1 saturated carbocycles. The Hall–Kier alpha value is -2.73. The number of rotatable bonds is 6. The molecule has 1 saturated heterocycles. The summed E-state index contributed by atoms with van der Waals surface area (Å²) in [5.74, 6) is 0.712. The summed E-state index contributed by atoms with van der Waals surface area (Å²) in [4.78, 5) is 24.9. The number of nitrogens with one attached hydrogen (secondary N) is 1. The molecule has 2 aliphatic rings. The molecule has 1 aliphatic carbocycles. The van der Waals surface area contributed by atoms with Crippen molar-refractivity contribution in [3.05, 3.63) is 65.9 Å². The third kappa shape index (κ3) is 4.29. The fourth-order valence-corrected chi connectivity index (χ4v) is 5.53. The van der Waals surface area contributed by atoms with E-state index in [0.717, 1.165) is 49.7 Å². The second-order valence-corrected chi connectivity index (χ2v) is 9.77. The summed E-state index contributed by atoms with van der Waals surface area (Å²) >= 11 is 0.